The van der Waals surface area contributed by atoms with Crippen LogP contribution in [0.3, 0.4) is 0 Å². The minimum absolute atomic E-state index is 0.0175. The van der Waals surface area contributed by atoms with E-state index in [0.29, 0.717) is 11.3 Å². The summed E-state index contributed by atoms with van der Waals surface area (Å²) in [5.41, 5.74) is 3.20. The Bertz CT molecular complexity index is 651. The van der Waals surface area contributed by atoms with Crippen molar-refractivity contribution in [2.75, 3.05) is 11.9 Å². The van der Waals surface area contributed by atoms with Crippen molar-refractivity contribution in [3.05, 3.63) is 39.3 Å². The highest BCUT2D eigenvalue weighted by atomic mass is 79.9. The van der Waals surface area contributed by atoms with E-state index in [1.165, 1.54) is 11.5 Å². The third-order valence-corrected chi connectivity index (χ3v) is 3.83. The number of amides is 1. The van der Waals surface area contributed by atoms with Crippen molar-refractivity contribution in [1.82, 2.24) is 9.59 Å². The van der Waals surface area contributed by atoms with Gasteiger partial charge < -0.3 is 4.90 Å². The average Bonchev–Trinajstić information content (AvgIpc) is 2.93. The van der Waals surface area contributed by atoms with Crippen molar-refractivity contribution < 1.29 is 4.79 Å². The smallest absolute Gasteiger partial charge is 0.258 e. The molecule has 0 fully saturated rings. The molecule has 0 radical (unpaired) electrons. The topological polar surface area (TPSA) is 46.1 Å². The van der Waals surface area contributed by atoms with E-state index in [-0.39, 0.29) is 5.91 Å². The number of hydrogen-bond donors (Lipinski definition) is 0. The largest absolute Gasteiger partial charge is 0.311 e. The molecule has 2 aromatic rings. The Balaban J connectivity index is 2.18. The standard InChI is InChI=1S/C12H8BrN3OS/c1-16-11-3-2-7(13)4-9(11)10(12(16)17)5-8-6-18-15-14-8/h2-6H,1H3/b10-5-. The van der Waals surface area contributed by atoms with E-state index in [1.807, 2.05) is 23.6 Å². The van der Waals surface area contributed by atoms with Gasteiger partial charge in [0.15, 0.2) is 0 Å². The van der Waals surface area contributed by atoms with Gasteiger partial charge in [-0.1, -0.05) is 20.4 Å². The van der Waals surface area contributed by atoms with Gasteiger partial charge in [-0.05, 0) is 35.8 Å². The number of carbonyl (C=O) groups is 1. The molecule has 0 aliphatic carbocycles. The van der Waals surface area contributed by atoms with Crippen LogP contribution >= 0.6 is 27.5 Å². The molecular weight excluding hydrogens is 314 g/mol. The second kappa shape index (κ2) is 4.29. The Morgan fingerprint density at radius 1 is 1.44 bits per heavy atom. The summed E-state index contributed by atoms with van der Waals surface area (Å²) < 4.78 is 4.75. The van der Waals surface area contributed by atoms with Gasteiger partial charge in [0.2, 0.25) is 0 Å². The number of halogens is 1. The minimum atomic E-state index is -0.0175. The highest BCUT2D eigenvalue weighted by molar-refractivity contribution is 9.10. The Hall–Kier alpha value is -1.53. The molecule has 1 aromatic carbocycles. The highest BCUT2D eigenvalue weighted by Gasteiger charge is 2.29. The molecule has 0 N–H and O–H groups in total. The number of rotatable bonds is 1. The maximum absolute atomic E-state index is 12.2. The summed E-state index contributed by atoms with van der Waals surface area (Å²) in [7, 11) is 1.77. The summed E-state index contributed by atoms with van der Waals surface area (Å²) in [5, 5.41) is 5.76. The summed E-state index contributed by atoms with van der Waals surface area (Å²) in [6.45, 7) is 0. The molecular formula is C12H8BrN3OS. The minimum Gasteiger partial charge on any atom is -0.311 e. The Morgan fingerprint density at radius 3 is 3.00 bits per heavy atom. The van der Waals surface area contributed by atoms with Crippen LogP contribution in [0.4, 0.5) is 5.69 Å². The van der Waals surface area contributed by atoms with Crippen molar-refractivity contribution in [3.63, 3.8) is 0 Å². The number of carbonyl (C=O) groups excluding carboxylic acids is 1. The quantitative estimate of drug-likeness (QED) is 0.759. The lowest BCUT2D eigenvalue weighted by Gasteiger charge is -2.08. The normalized spacial score (nSPS) is 16.4. The van der Waals surface area contributed by atoms with Crippen LogP contribution < -0.4 is 4.90 Å². The van der Waals surface area contributed by atoms with Gasteiger partial charge >= 0.3 is 0 Å². The summed E-state index contributed by atoms with van der Waals surface area (Å²) >= 11 is 4.70. The first kappa shape index (κ1) is 11.6. The van der Waals surface area contributed by atoms with Crippen molar-refractivity contribution in [2.45, 2.75) is 0 Å². The molecule has 90 valence electrons. The number of hydrogen-bond acceptors (Lipinski definition) is 4. The van der Waals surface area contributed by atoms with Gasteiger partial charge in [-0.3, -0.25) is 4.79 Å². The van der Waals surface area contributed by atoms with E-state index in [2.05, 4.69) is 25.5 Å². The third-order valence-electron chi connectivity index (χ3n) is 2.81. The molecule has 2 heterocycles. The van der Waals surface area contributed by atoms with Crippen LogP contribution in [-0.4, -0.2) is 22.5 Å². The Kier molecular flexibility index (Phi) is 2.76. The van der Waals surface area contributed by atoms with Crippen molar-refractivity contribution in [1.29, 1.82) is 0 Å². The van der Waals surface area contributed by atoms with Crippen LogP contribution in [0.15, 0.2) is 28.1 Å². The van der Waals surface area contributed by atoms with E-state index in [4.69, 9.17) is 0 Å². The predicted molar refractivity (Wildman–Crippen MR) is 75.3 cm³/mol. The molecule has 1 aromatic heterocycles. The fourth-order valence-corrected chi connectivity index (χ4v) is 2.72. The molecule has 0 saturated carbocycles. The number of nitrogens with zero attached hydrogens (tertiary/aromatic N) is 3. The molecule has 1 aliphatic heterocycles. The lowest BCUT2D eigenvalue weighted by Crippen LogP contribution is -2.20. The molecule has 6 heteroatoms. The van der Waals surface area contributed by atoms with E-state index in [1.54, 1.807) is 18.0 Å². The van der Waals surface area contributed by atoms with Crippen LogP contribution in [0.2, 0.25) is 0 Å². The number of benzene rings is 1. The maximum Gasteiger partial charge on any atom is 0.258 e. The van der Waals surface area contributed by atoms with Crippen molar-refractivity contribution >= 4 is 50.7 Å². The number of aromatic nitrogens is 2. The summed E-state index contributed by atoms with van der Waals surface area (Å²) in [6, 6.07) is 5.80. The van der Waals surface area contributed by atoms with Crippen molar-refractivity contribution in [2.24, 2.45) is 0 Å². The molecule has 18 heavy (non-hydrogen) atoms. The lowest BCUT2D eigenvalue weighted by molar-refractivity contribution is -0.112. The monoisotopic (exact) mass is 321 g/mol. The Morgan fingerprint density at radius 2 is 2.28 bits per heavy atom. The lowest BCUT2D eigenvalue weighted by atomic mass is 10.1. The van der Waals surface area contributed by atoms with Crippen LogP contribution in [0.1, 0.15) is 11.3 Å². The zero-order chi connectivity index (χ0) is 12.7. The fraction of sp³-hybridized carbons (Fsp3) is 0.0833. The first-order valence-corrected chi connectivity index (χ1v) is 6.86. The van der Waals surface area contributed by atoms with E-state index < -0.39 is 0 Å². The van der Waals surface area contributed by atoms with Gasteiger partial charge in [0.1, 0.15) is 0 Å². The van der Waals surface area contributed by atoms with Crippen LogP contribution in [0.25, 0.3) is 11.6 Å². The number of likely N-dealkylation sites (N-methyl/N-ethyl adjacent to an activating group) is 1. The van der Waals surface area contributed by atoms with Gasteiger partial charge in [0, 0.05) is 22.5 Å². The summed E-state index contributed by atoms with van der Waals surface area (Å²) in [5.74, 6) is -0.0175. The summed E-state index contributed by atoms with van der Waals surface area (Å²) in [6.07, 6.45) is 1.78. The van der Waals surface area contributed by atoms with Gasteiger partial charge in [0.05, 0.1) is 17.0 Å². The molecule has 3 rings (SSSR count). The predicted octanol–water partition coefficient (Wildman–Crippen LogP) is 2.82. The molecule has 1 aliphatic rings. The third kappa shape index (κ3) is 1.77. The van der Waals surface area contributed by atoms with Gasteiger partial charge in [-0.2, -0.15) is 0 Å². The second-order valence-electron chi connectivity index (χ2n) is 3.91. The van der Waals surface area contributed by atoms with Crippen LogP contribution in [0.5, 0.6) is 0 Å². The maximum atomic E-state index is 12.2. The van der Waals surface area contributed by atoms with E-state index in [9.17, 15) is 4.79 Å². The molecule has 1 amide bonds. The number of fused-ring (bicyclic) bond motifs is 1. The van der Waals surface area contributed by atoms with Gasteiger partial charge in [-0.15, -0.1) is 5.10 Å². The first-order chi connectivity index (χ1) is 8.66. The zero-order valence-corrected chi connectivity index (χ0v) is 11.8. The number of anilines is 1. The molecule has 0 spiro atoms. The Labute approximate surface area is 116 Å². The van der Waals surface area contributed by atoms with Crippen LogP contribution in [-0.2, 0) is 4.79 Å². The fourth-order valence-electron chi connectivity index (χ4n) is 1.94. The zero-order valence-electron chi connectivity index (χ0n) is 9.42. The molecule has 0 saturated heterocycles. The molecule has 0 bridgehead atoms. The summed E-state index contributed by atoms with van der Waals surface area (Å²) in [4.78, 5) is 13.8. The molecule has 4 nitrogen and oxygen atoms in total. The average molecular weight is 322 g/mol. The van der Waals surface area contributed by atoms with Gasteiger partial charge in [-0.25, -0.2) is 0 Å². The van der Waals surface area contributed by atoms with E-state index in [0.717, 1.165) is 15.7 Å². The van der Waals surface area contributed by atoms with Gasteiger partial charge in [0.25, 0.3) is 5.91 Å². The molecule has 0 unspecified atom stereocenters. The van der Waals surface area contributed by atoms with Crippen molar-refractivity contribution in [3.8, 4) is 0 Å². The second-order valence-corrected chi connectivity index (χ2v) is 5.44. The first-order valence-electron chi connectivity index (χ1n) is 5.23. The SMILES string of the molecule is CN1C(=O)/C(=C\c2csnn2)c2cc(Br)ccc21. The highest BCUT2D eigenvalue weighted by Crippen LogP contribution is 2.38. The van der Waals surface area contributed by atoms with Crippen LogP contribution in [0, 0.1) is 0 Å². The van der Waals surface area contributed by atoms with E-state index >= 15 is 0 Å². The molecule has 0 atom stereocenters.